The van der Waals surface area contributed by atoms with Crippen molar-refractivity contribution in [1.82, 2.24) is 0 Å². The number of benzene rings is 7. The fourth-order valence-corrected chi connectivity index (χ4v) is 11.5. The second-order valence-corrected chi connectivity index (χ2v) is 22.2. The van der Waals surface area contributed by atoms with E-state index >= 15 is 0 Å². The average Bonchev–Trinajstić information content (AvgIpc) is 2.60. The number of hydrogen-bond acceptors (Lipinski definition) is 9. The number of methoxy groups -OCH3 is 1. The van der Waals surface area contributed by atoms with E-state index in [1.807, 2.05) is 0 Å². The summed E-state index contributed by atoms with van der Waals surface area (Å²) in [5.74, 6) is -9.41. The highest BCUT2D eigenvalue weighted by atomic mass is 19.2. The molecule has 3 saturated carbocycles. The number of phenolic OH excluding ortho intramolecular Hbond substituents is 1. The van der Waals surface area contributed by atoms with Gasteiger partial charge in [-0.2, -0.15) is 13.2 Å². The quantitative estimate of drug-likeness (QED) is 0.0438. The summed E-state index contributed by atoms with van der Waals surface area (Å²) in [4.78, 5) is 22.9. The van der Waals surface area contributed by atoms with Gasteiger partial charge in [0, 0.05) is 18.2 Å². The molecule has 0 spiro atoms. The molecule has 0 atom stereocenters. The summed E-state index contributed by atoms with van der Waals surface area (Å²) in [7, 11) is 1.70. The molecule has 0 radical (unpaired) electrons. The van der Waals surface area contributed by atoms with E-state index in [2.05, 4.69) is 0 Å². The number of aryl methyl sites for hydroxylation is 2. The molecule has 0 heterocycles. The van der Waals surface area contributed by atoms with Gasteiger partial charge in [0.15, 0.2) is 58.0 Å². The van der Waals surface area contributed by atoms with Crippen LogP contribution in [0.3, 0.4) is 0 Å². The molecular formula is C71H74F10O9. The number of ether oxygens (including phenoxy) is 6. The first kappa shape index (κ1) is 69.4. The third-order valence-corrected chi connectivity index (χ3v) is 16.6. The molecule has 1 N–H and O–H groups in total. The van der Waals surface area contributed by atoms with Gasteiger partial charge >= 0.3 is 5.97 Å². The molecule has 9 nitrogen and oxygen atoms in total. The normalized spacial score (nSPS) is 18.7. The summed E-state index contributed by atoms with van der Waals surface area (Å²) in [6.07, 6.45) is 8.39. The van der Waals surface area contributed by atoms with E-state index in [0.29, 0.717) is 105 Å². The van der Waals surface area contributed by atoms with Crippen LogP contribution in [0.15, 0.2) is 109 Å². The van der Waals surface area contributed by atoms with Gasteiger partial charge in [0.25, 0.3) is 6.47 Å². The topological polar surface area (TPSA) is 110 Å². The highest BCUT2D eigenvalue weighted by Crippen LogP contribution is 2.42. The largest absolute Gasteiger partial charge is 0.508 e. The molecule has 7 aromatic rings. The molecule has 0 saturated heterocycles. The van der Waals surface area contributed by atoms with Gasteiger partial charge in [0.1, 0.15) is 17.6 Å². The molecule has 3 aliphatic carbocycles. The fourth-order valence-electron chi connectivity index (χ4n) is 11.5. The van der Waals surface area contributed by atoms with Crippen molar-refractivity contribution in [2.24, 2.45) is 5.92 Å². The van der Waals surface area contributed by atoms with E-state index in [0.717, 1.165) is 25.7 Å². The van der Waals surface area contributed by atoms with Gasteiger partial charge in [-0.05, 0) is 211 Å². The lowest BCUT2D eigenvalue weighted by Gasteiger charge is -2.28. The van der Waals surface area contributed by atoms with Crippen molar-refractivity contribution >= 4 is 12.4 Å². The van der Waals surface area contributed by atoms with Crippen LogP contribution in [0.1, 0.15) is 143 Å². The van der Waals surface area contributed by atoms with Crippen molar-refractivity contribution in [1.29, 1.82) is 0 Å². The van der Waals surface area contributed by atoms with Crippen LogP contribution in [0.4, 0.5) is 43.9 Å². The number of halogens is 10. The number of carbonyl (C=O) groups is 2. The first-order chi connectivity index (χ1) is 43.2. The van der Waals surface area contributed by atoms with E-state index in [9.17, 15) is 53.5 Å². The predicted octanol–water partition coefficient (Wildman–Crippen LogP) is 18.7. The molecule has 0 aromatic heterocycles. The average molecular weight is 1260 g/mol. The van der Waals surface area contributed by atoms with Gasteiger partial charge < -0.3 is 33.5 Å². The molecule has 7 aromatic carbocycles. The van der Waals surface area contributed by atoms with Crippen LogP contribution in [0.25, 0.3) is 22.3 Å². The number of phenols is 1. The Balaban J connectivity index is 0.000000180. The molecule has 0 bridgehead atoms. The van der Waals surface area contributed by atoms with Gasteiger partial charge in [-0.1, -0.05) is 66.7 Å². The summed E-state index contributed by atoms with van der Waals surface area (Å²) in [6.45, 7) is 9.49. The molecule has 3 fully saturated rings. The number of aromatic hydroxyl groups is 1. The lowest BCUT2D eigenvalue weighted by Crippen LogP contribution is -2.25. The van der Waals surface area contributed by atoms with Crippen molar-refractivity contribution in [2.45, 2.75) is 142 Å². The minimum atomic E-state index is -0.984. The SMILES string of the molecule is CCOc1ccc(C2CCC(C(=O)Oc3ccc(-c4ccc(C)c(F)c4F)cc3)CC2)c(F)c1F.CCOc1ccc(C2CCC(OC)CC2)c(F)c1F.CCOc1ccc(C2CCC(OC=O)CC2)c(F)c1F.Cc1ccc(-c2ccc(O)cc2)c(F)c1F. The number of carbonyl (C=O) groups excluding carboxylic acids is 2. The number of esters is 1. The van der Waals surface area contributed by atoms with Crippen LogP contribution >= 0.6 is 0 Å². The zero-order chi connectivity index (χ0) is 65.2. The van der Waals surface area contributed by atoms with Crippen LogP contribution < -0.4 is 18.9 Å². The van der Waals surface area contributed by atoms with E-state index in [-0.39, 0.29) is 87.7 Å². The van der Waals surface area contributed by atoms with E-state index in [1.54, 1.807) is 70.3 Å². The Hall–Kier alpha value is -8.06. The summed E-state index contributed by atoms with van der Waals surface area (Å²) in [6, 6.07) is 27.5. The van der Waals surface area contributed by atoms with Gasteiger partial charge in [0.05, 0.1) is 31.8 Å². The Labute approximate surface area is 518 Å². The highest BCUT2D eigenvalue weighted by molar-refractivity contribution is 5.76. The maximum absolute atomic E-state index is 14.5. The Morgan fingerprint density at radius 3 is 1.14 bits per heavy atom. The summed E-state index contributed by atoms with van der Waals surface area (Å²) in [5, 5.41) is 9.10. The monoisotopic (exact) mass is 1260 g/mol. The van der Waals surface area contributed by atoms with Crippen LogP contribution in [0, 0.1) is 77.9 Å². The Morgan fingerprint density at radius 2 is 0.789 bits per heavy atom. The van der Waals surface area contributed by atoms with Crippen LogP contribution in [0.2, 0.25) is 0 Å². The minimum absolute atomic E-state index is 0.00525. The Kier molecular flexibility index (Phi) is 25.6. The van der Waals surface area contributed by atoms with Crippen LogP contribution in [-0.2, 0) is 19.1 Å². The summed E-state index contributed by atoms with van der Waals surface area (Å²) in [5.41, 5.74) is 2.98. The van der Waals surface area contributed by atoms with Gasteiger partial charge in [-0.15, -0.1) is 0 Å². The maximum Gasteiger partial charge on any atom is 0.314 e. The first-order valence-corrected chi connectivity index (χ1v) is 30.2. The fraction of sp³-hybridized carbons (Fsp3) is 0.380. The third kappa shape index (κ3) is 17.5. The molecule has 0 unspecified atom stereocenters. The van der Waals surface area contributed by atoms with E-state index in [4.69, 9.17) is 33.5 Å². The third-order valence-electron chi connectivity index (χ3n) is 16.6. The maximum atomic E-state index is 14.5. The molecule has 3 aliphatic rings. The molecule has 10 rings (SSSR count). The van der Waals surface area contributed by atoms with E-state index in [1.165, 1.54) is 80.6 Å². The number of hydrogen-bond donors (Lipinski definition) is 1. The van der Waals surface area contributed by atoms with Crippen molar-refractivity contribution in [2.75, 3.05) is 26.9 Å². The lowest BCUT2D eigenvalue weighted by molar-refractivity contribution is -0.140. The molecule has 0 aliphatic heterocycles. The van der Waals surface area contributed by atoms with Gasteiger partial charge in [-0.3, -0.25) is 9.59 Å². The highest BCUT2D eigenvalue weighted by Gasteiger charge is 2.32. The molecule has 90 heavy (non-hydrogen) atoms. The van der Waals surface area contributed by atoms with Crippen molar-refractivity contribution < 1.29 is 87.0 Å². The molecule has 482 valence electrons. The van der Waals surface area contributed by atoms with Crippen LogP contribution in [0.5, 0.6) is 28.7 Å². The van der Waals surface area contributed by atoms with Gasteiger partial charge in [0.2, 0.25) is 17.5 Å². The number of rotatable bonds is 16. The zero-order valence-electron chi connectivity index (χ0n) is 51.0. The van der Waals surface area contributed by atoms with E-state index < -0.39 is 64.1 Å². The Morgan fingerprint density at radius 1 is 0.433 bits per heavy atom. The van der Waals surface area contributed by atoms with Crippen molar-refractivity contribution in [3.63, 3.8) is 0 Å². The molecule has 19 heteroatoms. The molecular weight excluding hydrogens is 1190 g/mol. The second-order valence-electron chi connectivity index (χ2n) is 22.2. The van der Waals surface area contributed by atoms with Crippen LogP contribution in [-0.4, -0.2) is 56.7 Å². The van der Waals surface area contributed by atoms with Crippen molar-refractivity contribution in [3.8, 4) is 51.0 Å². The minimum Gasteiger partial charge on any atom is -0.508 e. The first-order valence-electron chi connectivity index (χ1n) is 30.2. The standard InChI is InChI=1S/C28H26F4O3.C15H18F2O3.C15H20F2O2.C13H10F2O/c1-3-34-23-15-14-22(26(31)27(23)32)17-5-7-19(8-6-17)28(33)35-20-11-9-18(10-12-20)21-13-4-16(2)24(29)25(21)30;1-2-19-13-8-7-12(14(16)15(13)17)10-3-5-11(6-4-10)20-9-18;1-3-19-13-9-8-12(14(16)15(13)17)10-4-6-11(18-2)7-5-10;1-8-2-7-11(13(15)12(8)14)9-3-5-10(16)6-4-9/h4,9-15,17,19H,3,5-8H2,1-2H3;7-11H,2-6H2,1H3;8-11H,3-7H2,1-2H3;2-7,16H,1H3. The summed E-state index contributed by atoms with van der Waals surface area (Å²) >= 11 is 0. The lowest BCUT2D eigenvalue weighted by atomic mass is 9.78. The zero-order valence-corrected chi connectivity index (χ0v) is 51.0. The molecule has 0 amide bonds. The smallest absolute Gasteiger partial charge is 0.314 e. The predicted molar refractivity (Wildman–Crippen MR) is 322 cm³/mol. The summed E-state index contributed by atoms with van der Waals surface area (Å²) < 4.78 is 171. The Bertz CT molecular complexity index is 3500. The van der Waals surface area contributed by atoms with Gasteiger partial charge in [-0.25, -0.2) is 30.7 Å². The second kappa shape index (κ2) is 33.1. The van der Waals surface area contributed by atoms with Crippen molar-refractivity contribution in [3.05, 3.63) is 195 Å².